The summed E-state index contributed by atoms with van der Waals surface area (Å²) in [6, 6.07) is 8.41. The first kappa shape index (κ1) is 21.6. The Balaban J connectivity index is 1.40. The number of nitrogens with zero attached hydrogens (tertiary/aromatic N) is 6. The van der Waals surface area contributed by atoms with Crippen LogP contribution in [0.4, 0.5) is 17.2 Å². The van der Waals surface area contributed by atoms with Crippen molar-refractivity contribution in [2.45, 2.75) is 18.9 Å². The zero-order chi connectivity index (χ0) is 23.8. The standard InChI is InChI=1S/C25H28N8O2/c1-2-21(34)32-9-7-17(8-10-32)33-25-22-18(15-26-24(22)27-16-28-25)23(30-33)29-19-5-3-4-6-20(19)31-11-13-35-14-12-31/h2-6,15-17H,1,7-14H2,(H,29,30)(H,26,27,28). The number of morpholine rings is 1. The topological polar surface area (TPSA) is 104 Å². The summed E-state index contributed by atoms with van der Waals surface area (Å²) in [6.07, 6.45) is 6.49. The van der Waals surface area contributed by atoms with Gasteiger partial charge in [0.25, 0.3) is 0 Å². The highest BCUT2D eigenvalue weighted by Gasteiger charge is 2.26. The number of ether oxygens (including phenoxy) is 1. The second kappa shape index (κ2) is 9.03. The number of likely N-dealkylation sites (tertiary alicyclic amines) is 1. The number of aromatic nitrogens is 5. The number of nitrogens with one attached hydrogen (secondary N) is 2. The predicted molar refractivity (Wildman–Crippen MR) is 135 cm³/mol. The first-order valence-corrected chi connectivity index (χ1v) is 12.0. The molecule has 180 valence electrons. The Morgan fingerprint density at radius 3 is 2.74 bits per heavy atom. The molecular weight excluding hydrogens is 444 g/mol. The molecule has 3 aromatic heterocycles. The lowest BCUT2D eigenvalue weighted by atomic mass is 10.0. The smallest absolute Gasteiger partial charge is 0.245 e. The Kier molecular flexibility index (Phi) is 5.57. The third kappa shape index (κ3) is 3.89. The van der Waals surface area contributed by atoms with Gasteiger partial charge in [0, 0.05) is 32.4 Å². The maximum Gasteiger partial charge on any atom is 0.245 e. The minimum atomic E-state index is -0.0231. The molecule has 10 nitrogen and oxygen atoms in total. The molecular formula is C25H28N8O2. The van der Waals surface area contributed by atoms with Crippen LogP contribution < -0.4 is 10.2 Å². The zero-order valence-electron chi connectivity index (χ0n) is 19.5. The van der Waals surface area contributed by atoms with Crippen molar-refractivity contribution >= 4 is 45.2 Å². The second-order valence-electron chi connectivity index (χ2n) is 8.92. The van der Waals surface area contributed by atoms with E-state index in [2.05, 4.69) is 49.9 Å². The molecule has 35 heavy (non-hydrogen) atoms. The van der Waals surface area contributed by atoms with Crippen LogP contribution in [0.15, 0.2) is 49.4 Å². The van der Waals surface area contributed by atoms with Crippen molar-refractivity contribution in [3.63, 3.8) is 0 Å². The molecule has 0 unspecified atom stereocenters. The molecule has 6 rings (SSSR count). The summed E-state index contributed by atoms with van der Waals surface area (Å²) >= 11 is 0. The fraction of sp³-hybridized carbons (Fsp3) is 0.360. The van der Waals surface area contributed by atoms with E-state index in [0.29, 0.717) is 13.1 Å². The van der Waals surface area contributed by atoms with Crippen molar-refractivity contribution in [3.8, 4) is 0 Å². The first-order chi connectivity index (χ1) is 17.2. The fourth-order valence-corrected chi connectivity index (χ4v) is 5.10. The molecule has 0 aliphatic carbocycles. The lowest BCUT2D eigenvalue weighted by Crippen LogP contribution is -2.38. The molecule has 0 saturated carbocycles. The van der Waals surface area contributed by atoms with Gasteiger partial charge in [0.1, 0.15) is 5.65 Å². The van der Waals surface area contributed by atoms with Crippen LogP contribution in [0.1, 0.15) is 18.9 Å². The Bertz CT molecular complexity index is 1380. The summed E-state index contributed by atoms with van der Waals surface area (Å²) in [7, 11) is 0. The minimum absolute atomic E-state index is 0.0231. The van der Waals surface area contributed by atoms with Crippen molar-refractivity contribution in [2.75, 3.05) is 49.6 Å². The summed E-state index contributed by atoms with van der Waals surface area (Å²) in [5.74, 6) is 0.719. The van der Waals surface area contributed by atoms with Crippen molar-refractivity contribution in [1.82, 2.24) is 29.6 Å². The van der Waals surface area contributed by atoms with E-state index in [9.17, 15) is 4.79 Å². The van der Waals surface area contributed by atoms with E-state index in [1.165, 1.54) is 6.08 Å². The zero-order valence-corrected chi connectivity index (χ0v) is 19.5. The normalized spacial score (nSPS) is 17.3. The van der Waals surface area contributed by atoms with Crippen LogP contribution in [-0.4, -0.2) is 74.9 Å². The summed E-state index contributed by atoms with van der Waals surface area (Å²) < 4.78 is 7.56. The highest BCUT2D eigenvalue weighted by Crippen LogP contribution is 2.36. The largest absolute Gasteiger partial charge is 0.378 e. The molecule has 10 heteroatoms. The van der Waals surface area contributed by atoms with Crippen molar-refractivity contribution < 1.29 is 9.53 Å². The molecule has 1 amide bonds. The molecule has 0 bridgehead atoms. The van der Waals surface area contributed by atoms with Crippen molar-refractivity contribution in [2.24, 2.45) is 0 Å². The number of H-pyrrole nitrogens is 1. The van der Waals surface area contributed by atoms with Crippen LogP contribution in [0.3, 0.4) is 0 Å². The second-order valence-corrected chi connectivity index (χ2v) is 8.92. The Hall–Kier alpha value is -3.92. The van der Waals surface area contributed by atoms with Crippen molar-refractivity contribution in [1.29, 1.82) is 0 Å². The van der Waals surface area contributed by atoms with Crippen LogP contribution in [0.5, 0.6) is 0 Å². The number of aromatic amines is 1. The summed E-state index contributed by atoms with van der Waals surface area (Å²) in [5, 5.41) is 10.6. The molecule has 1 aromatic carbocycles. The fourth-order valence-electron chi connectivity index (χ4n) is 5.10. The minimum Gasteiger partial charge on any atom is -0.378 e. The van der Waals surface area contributed by atoms with E-state index in [-0.39, 0.29) is 11.9 Å². The van der Waals surface area contributed by atoms with Gasteiger partial charge < -0.3 is 24.8 Å². The van der Waals surface area contributed by atoms with Gasteiger partial charge in [0.05, 0.1) is 47.7 Å². The molecule has 0 radical (unpaired) electrons. The molecule has 2 aliphatic heterocycles. The summed E-state index contributed by atoms with van der Waals surface area (Å²) in [6.45, 7) is 8.09. The quantitative estimate of drug-likeness (QED) is 0.430. The number of rotatable bonds is 5. The van der Waals surface area contributed by atoms with Gasteiger partial charge in [-0.2, -0.15) is 5.10 Å². The van der Waals surface area contributed by atoms with Crippen LogP contribution in [0, 0.1) is 0 Å². The number of hydrogen-bond donors (Lipinski definition) is 2. The van der Waals surface area contributed by atoms with Gasteiger partial charge in [-0.05, 0) is 31.1 Å². The Morgan fingerprint density at radius 1 is 1.14 bits per heavy atom. The number of amides is 1. The molecule has 2 saturated heterocycles. The average Bonchev–Trinajstić information content (AvgIpc) is 3.36. The monoisotopic (exact) mass is 472 g/mol. The van der Waals surface area contributed by atoms with Crippen LogP contribution >= 0.6 is 0 Å². The van der Waals surface area contributed by atoms with E-state index in [1.807, 2.05) is 21.8 Å². The maximum atomic E-state index is 12.1. The third-order valence-corrected chi connectivity index (χ3v) is 6.93. The van der Waals surface area contributed by atoms with E-state index in [4.69, 9.17) is 9.84 Å². The van der Waals surface area contributed by atoms with Gasteiger partial charge in [-0.3, -0.25) is 4.79 Å². The first-order valence-electron chi connectivity index (χ1n) is 12.0. The molecule has 5 heterocycles. The Labute approximate surface area is 202 Å². The van der Waals surface area contributed by atoms with Crippen LogP contribution in [-0.2, 0) is 9.53 Å². The number of benzene rings is 1. The molecule has 2 aliphatic rings. The van der Waals surface area contributed by atoms with E-state index < -0.39 is 0 Å². The van der Waals surface area contributed by atoms with Crippen molar-refractivity contribution in [3.05, 3.63) is 49.4 Å². The third-order valence-electron chi connectivity index (χ3n) is 6.93. The Morgan fingerprint density at radius 2 is 1.94 bits per heavy atom. The van der Waals surface area contributed by atoms with Gasteiger partial charge in [-0.1, -0.05) is 18.7 Å². The van der Waals surface area contributed by atoms with Gasteiger partial charge in [0.2, 0.25) is 5.91 Å². The van der Waals surface area contributed by atoms with Gasteiger partial charge in [-0.25, -0.2) is 14.6 Å². The number of piperidine rings is 1. The van der Waals surface area contributed by atoms with Crippen LogP contribution in [0.25, 0.3) is 22.1 Å². The number of para-hydroxylation sites is 2. The number of carbonyl (C=O) groups excluding carboxylic acids is 1. The molecule has 2 N–H and O–H groups in total. The number of hydrogen-bond acceptors (Lipinski definition) is 7. The van der Waals surface area contributed by atoms with Crippen LogP contribution in [0.2, 0.25) is 0 Å². The summed E-state index contributed by atoms with van der Waals surface area (Å²) in [4.78, 5) is 28.6. The SMILES string of the molecule is C=CC(=O)N1CCC(n2nc(Nc3ccccc3N3CCOCC3)c3cnc4[nH]cnc2c43)CC1. The highest BCUT2D eigenvalue weighted by atomic mass is 16.5. The van der Waals surface area contributed by atoms with Gasteiger partial charge >= 0.3 is 0 Å². The molecule has 2 fully saturated rings. The maximum absolute atomic E-state index is 12.1. The average molecular weight is 473 g/mol. The molecule has 0 atom stereocenters. The molecule has 0 spiro atoms. The lowest BCUT2D eigenvalue weighted by molar-refractivity contribution is -0.127. The van der Waals surface area contributed by atoms with E-state index >= 15 is 0 Å². The number of carbonyl (C=O) groups is 1. The lowest BCUT2D eigenvalue weighted by Gasteiger charge is -2.33. The van der Waals surface area contributed by atoms with E-state index in [1.54, 1.807) is 6.33 Å². The molecule has 4 aromatic rings. The van der Waals surface area contributed by atoms with Gasteiger partial charge in [-0.15, -0.1) is 0 Å². The number of anilines is 3. The summed E-state index contributed by atoms with van der Waals surface area (Å²) in [5.41, 5.74) is 3.70. The highest BCUT2D eigenvalue weighted by molar-refractivity contribution is 6.09. The van der Waals surface area contributed by atoms with E-state index in [0.717, 1.165) is 78.4 Å². The predicted octanol–water partition coefficient (Wildman–Crippen LogP) is 3.24. The van der Waals surface area contributed by atoms with Gasteiger partial charge in [0.15, 0.2) is 11.5 Å².